The first-order valence-corrected chi connectivity index (χ1v) is 7.25. The molecule has 0 radical (unpaired) electrons. The van der Waals surface area contributed by atoms with Gasteiger partial charge in [0.2, 0.25) is 0 Å². The van der Waals surface area contributed by atoms with Crippen LogP contribution in [0.3, 0.4) is 0 Å². The largest absolute Gasteiger partial charge is 0.329 e. The molecule has 1 saturated carbocycles. The average molecular weight is 318 g/mol. The van der Waals surface area contributed by atoms with Gasteiger partial charge in [-0.05, 0) is 43.1 Å². The normalized spacial score (nSPS) is 17.5. The summed E-state index contributed by atoms with van der Waals surface area (Å²) in [6.07, 6.45) is 2.59. The molecule has 0 saturated heterocycles. The molecule has 1 aromatic carbocycles. The lowest BCUT2D eigenvalue weighted by atomic mass is 10.1. The Labute approximate surface area is 116 Å². The van der Waals surface area contributed by atoms with Crippen LogP contribution in [0, 0.1) is 0 Å². The monoisotopic (exact) mass is 316 g/mol. The summed E-state index contributed by atoms with van der Waals surface area (Å²) < 4.78 is 1.09. The van der Waals surface area contributed by atoms with Gasteiger partial charge in [0.25, 0.3) is 0 Å². The molecule has 1 aliphatic carbocycles. The number of hydrogen-bond acceptors (Lipinski definition) is 2. The number of halogens is 2. The molecule has 4 heteroatoms. The maximum Gasteiger partial charge on any atom is 0.0484 e. The van der Waals surface area contributed by atoms with Crippen molar-refractivity contribution in [1.82, 2.24) is 4.90 Å². The van der Waals surface area contributed by atoms with E-state index in [-0.39, 0.29) is 6.04 Å². The predicted molar refractivity (Wildman–Crippen MR) is 76.3 cm³/mol. The standard InChI is InChI=1S/C13H18BrClN2/c1-2-17(10-4-5-10)13(8-16)11-7-9(15)3-6-12(11)14/h3,6-7,10,13H,2,4-5,8,16H2,1H3. The minimum atomic E-state index is 0.264. The van der Waals surface area contributed by atoms with Gasteiger partial charge < -0.3 is 5.73 Å². The van der Waals surface area contributed by atoms with Crippen LogP contribution in [0.15, 0.2) is 22.7 Å². The Kier molecular flexibility index (Phi) is 4.47. The van der Waals surface area contributed by atoms with Gasteiger partial charge in [-0.15, -0.1) is 0 Å². The minimum Gasteiger partial charge on any atom is -0.329 e. The lowest BCUT2D eigenvalue weighted by Crippen LogP contribution is -2.35. The molecule has 0 amide bonds. The Balaban J connectivity index is 2.29. The van der Waals surface area contributed by atoms with E-state index in [0.29, 0.717) is 12.6 Å². The molecule has 0 bridgehead atoms. The summed E-state index contributed by atoms with van der Waals surface area (Å²) in [5.74, 6) is 0. The Hall–Kier alpha value is -0.0900. The van der Waals surface area contributed by atoms with Gasteiger partial charge in [-0.1, -0.05) is 34.5 Å². The van der Waals surface area contributed by atoms with E-state index in [1.807, 2.05) is 18.2 Å². The molecule has 0 aromatic heterocycles. The number of likely N-dealkylation sites (N-methyl/N-ethyl adjacent to an activating group) is 1. The van der Waals surface area contributed by atoms with E-state index in [9.17, 15) is 0 Å². The topological polar surface area (TPSA) is 29.3 Å². The molecule has 2 N–H and O–H groups in total. The third kappa shape index (κ3) is 3.02. The Bertz CT molecular complexity index is 393. The molecular formula is C13H18BrClN2. The summed E-state index contributed by atoms with van der Waals surface area (Å²) in [5, 5.41) is 0.772. The summed E-state index contributed by atoms with van der Waals surface area (Å²) in [7, 11) is 0. The molecule has 2 rings (SSSR count). The second kappa shape index (κ2) is 5.70. The van der Waals surface area contributed by atoms with Gasteiger partial charge in [-0.2, -0.15) is 0 Å². The van der Waals surface area contributed by atoms with Gasteiger partial charge >= 0.3 is 0 Å². The highest BCUT2D eigenvalue weighted by molar-refractivity contribution is 9.10. The molecule has 1 fully saturated rings. The summed E-state index contributed by atoms with van der Waals surface area (Å²) in [6.45, 7) is 3.86. The molecule has 1 aromatic rings. The van der Waals surface area contributed by atoms with Gasteiger partial charge in [0.15, 0.2) is 0 Å². The summed E-state index contributed by atoms with van der Waals surface area (Å²) in [6, 6.07) is 6.89. The van der Waals surface area contributed by atoms with E-state index < -0.39 is 0 Å². The number of rotatable bonds is 5. The first kappa shape index (κ1) is 13.3. The first-order chi connectivity index (χ1) is 8.17. The van der Waals surface area contributed by atoms with E-state index in [0.717, 1.165) is 16.0 Å². The van der Waals surface area contributed by atoms with Gasteiger partial charge in [0.1, 0.15) is 0 Å². The molecule has 1 atom stereocenters. The van der Waals surface area contributed by atoms with Crippen molar-refractivity contribution >= 4 is 27.5 Å². The molecule has 2 nitrogen and oxygen atoms in total. The highest BCUT2D eigenvalue weighted by atomic mass is 79.9. The van der Waals surface area contributed by atoms with Crippen LogP contribution in [0.5, 0.6) is 0 Å². The van der Waals surface area contributed by atoms with Crippen LogP contribution in [0.1, 0.15) is 31.4 Å². The molecule has 1 unspecified atom stereocenters. The molecule has 1 aliphatic rings. The van der Waals surface area contributed by atoms with E-state index in [1.54, 1.807) is 0 Å². The zero-order valence-corrected chi connectivity index (χ0v) is 12.3. The Morgan fingerprint density at radius 1 is 1.53 bits per heavy atom. The maximum atomic E-state index is 6.08. The Morgan fingerprint density at radius 3 is 2.76 bits per heavy atom. The molecular weight excluding hydrogens is 300 g/mol. The quantitative estimate of drug-likeness (QED) is 0.899. The second-order valence-electron chi connectivity index (χ2n) is 4.48. The van der Waals surface area contributed by atoms with Crippen LogP contribution in [-0.4, -0.2) is 24.0 Å². The highest BCUT2D eigenvalue weighted by Gasteiger charge is 2.33. The lowest BCUT2D eigenvalue weighted by Gasteiger charge is -2.31. The van der Waals surface area contributed by atoms with Crippen molar-refractivity contribution in [3.8, 4) is 0 Å². The lowest BCUT2D eigenvalue weighted by molar-refractivity contribution is 0.201. The van der Waals surface area contributed by atoms with Crippen molar-refractivity contribution in [3.63, 3.8) is 0 Å². The maximum absolute atomic E-state index is 6.08. The predicted octanol–water partition coefficient (Wildman–Crippen LogP) is 3.59. The summed E-state index contributed by atoms with van der Waals surface area (Å²) in [4.78, 5) is 2.48. The van der Waals surface area contributed by atoms with Crippen LogP contribution in [-0.2, 0) is 0 Å². The average Bonchev–Trinajstić information content (AvgIpc) is 3.13. The molecule has 17 heavy (non-hydrogen) atoms. The van der Waals surface area contributed by atoms with Crippen molar-refractivity contribution in [1.29, 1.82) is 0 Å². The zero-order chi connectivity index (χ0) is 12.4. The summed E-state index contributed by atoms with van der Waals surface area (Å²) >= 11 is 9.68. The summed E-state index contributed by atoms with van der Waals surface area (Å²) in [5.41, 5.74) is 7.16. The number of hydrogen-bond donors (Lipinski definition) is 1. The third-order valence-electron chi connectivity index (χ3n) is 3.32. The van der Waals surface area contributed by atoms with Crippen molar-refractivity contribution < 1.29 is 0 Å². The molecule has 0 aliphatic heterocycles. The van der Waals surface area contributed by atoms with Crippen LogP contribution in [0.2, 0.25) is 5.02 Å². The number of nitrogens with two attached hydrogens (primary N) is 1. The van der Waals surface area contributed by atoms with Crippen molar-refractivity contribution in [2.24, 2.45) is 5.73 Å². The SMILES string of the molecule is CCN(C1CC1)C(CN)c1cc(Cl)ccc1Br. The fourth-order valence-electron chi connectivity index (χ4n) is 2.35. The van der Waals surface area contributed by atoms with Crippen LogP contribution < -0.4 is 5.73 Å². The molecule has 0 spiro atoms. The minimum absolute atomic E-state index is 0.264. The molecule has 0 heterocycles. The van der Waals surface area contributed by atoms with Crippen LogP contribution >= 0.6 is 27.5 Å². The van der Waals surface area contributed by atoms with Crippen molar-refractivity contribution in [2.75, 3.05) is 13.1 Å². The van der Waals surface area contributed by atoms with E-state index in [1.165, 1.54) is 18.4 Å². The fraction of sp³-hybridized carbons (Fsp3) is 0.538. The van der Waals surface area contributed by atoms with E-state index in [2.05, 4.69) is 27.8 Å². The van der Waals surface area contributed by atoms with Gasteiger partial charge in [-0.3, -0.25) is 4.90 Å². The number of benzene rings is 1. The van der Waals surface area contributed by atoms with Crippen molar-refractivity contribution in [2.45, 2.75) is 31.8 Å². The van der Waals surface area contributed by atoms with Gasteiger partial charge in [0.05, 0.1) is 0 Å². The Morgan fingerprint density at radius 2 is 2.24 bits per heavy atom. The third-order valence-corrected chi connectivity index (χ3v) is 4.28. The van der Waals surface area contributed by atoms with Gasteiger partial charge in [-0.25, -0.2) is 0 Å². The van der Waals surface area contributed by atoms with E-state index in [4.69, 9.17) is 17.3 Å². The fourth-order valence-corrected chi connectivity index (χ4v) is 3.04. The highest BCUT2D eigenvalue weighted by Crippen LogP contribution is 2.36. The van der Waals surface area contributed by atoms with Gasteiger partial charge in [0, 0.05) is 28.1 Å². The van der Waals surface area contributed by atoms with Crippen molar-refractivity contribution in [3.05, 3.63) is 33.3 Å². The van der Waals surface area contributed by atoms with Crippen LogP contribution in [0.25, 0.3) is 0 Å². The second-order valence-corrected chi connectivity index (χ2v) is 5.77. The number of nitrogens with zero attached hydrogens (tertiary/aromatic N) is 1. The zero-order valence-electron chi connectivity index (χ0n) is 10.00. The first-order valence-electron chi connectivity index (χ1n) is 6.08. The van der Waals surface area contributed by atoms with E-state index >= 15 is 0 Å². The molecule has 94 valence electrons. The van der Waals surface area contributed by atoms with Crippen LogP contribution in [0.4, 0.5) is 0 Å². The smallest absolute Gasteiger partial charge is 0.0484 e.